The molecule has 0 saturated carbocycles. The maximum atomic E-state index is 9.61. The molecule has 84 valence electrons. The van der Waals surface area contributed by atoms with Crippen LogP contribution in [0.15, 0.2) is 36.4 Å². The van der Waals surface area contributed by atoms with Crippen LogP contribution in [0.3, 0.4) is 0 Å². The minimum atomic E-state index is -1.07. The Morgan fingerprint density at radius 2 is 2.12 bits per heavy atom. The maximum absolute atomic E-state index is 9.61. The lowest BCUT2D eigenvalue weighted by atomic mass is 10.3. The summed E-state index contributed by atoms with van der Waals surface area (Å²) in [5.41, 5.74) is 0.916. The number of para-hydroxylation sites is 1. The van der Waals surface area contributed by atoms with Crippen LogP contribution in [0.4, 0.5) is 5.00 Å². The molecule has 0 amide bonds. The zero-order valence-corrected chi connectivity index (χ0v) is 9.57. The van der Waals surface area contributed by atoms with Crippen LogP contribution >= 0.6 is 11.5 Å². The van der Waals surface area contributed by atoms with Crippen molar-refractivity contribution in [2.45, 2.75) is 13.3 Å². The minimum Gasteiger partial charge on any atom is -0.447 e. The Morgan fingerprint density at radius 1 is 1.38 bits per heavy atom. The zero-order valence-electron chi connectivity index (χ0n) is 8.75. The van der Waals surface area contributed by atoms with Crippen LogP contribution in [0, 0.1) is 6.92 Å². The van der Waals surface area contributed by atoms with Gasteiger partial charge in [-0.15, -0.1) is 0 Å². The minimum absolute atomic E-state index is 0.615. The summed E-state index contributed by atoms with van der Waals surface area (Å²) in [5.74, 6) is 0.615. The quantitative estimate of drug-likeness (QED) is 0.799. The molecule has 0 spiro atoms. The van der Waals surface area contributed by atoms with Crippen LogP contribution in [0.25, 0.3) is 0 Å². The molecule has 1 atom stereocenters. The van der Waals surface area contributed by atoms with Crippen molar-refractivity contribution in [3.63, 3.8) is 0 Å². The van der Waals surface area contributed by atoms with Crippen molar-refractivity contribution >= 4 is 16.5 Å². The number of benzene rings is 1. The van der Waals surface area contributed by atoms with E-state index in [1.165, 1.54) is 11.5 Å². The molecule has 0 aliphatic heterocycles. The van der Waals surface area contributed by atoms with Gasteiger partial charge in [0.15, 0.2) is 0 Å². The van der Waals surface area contributed by atoms with Gasteiger partial charge >= 0.3 is 0 Å². The fraction of sp³-hybridized carbons (Fsp3) is 0.182. The number of nitrogens with one attached hydrogen (secondary N) is 1. The molecule has 0 bridgehead atoms. The zero-order chi connectivity index (χ0) is 11.4. The Hall–Kier alpha value is -1.59. The van der Waals surface area contributed by atoms with Gasteiger partial charge in [0.2, 0.25) is 0 Å². The predicted octanol–water partition coefficient (Wildman–Crippen LogP) is 2.22. The van der Waals surface area contributed by atoms with Crippen LogP contribution < -0.4 is 10.1 Å². The van der Waals surface area contributed by atoms with Gasteiger partial charge < -0.3 is 15.2 Å². The fourth-order valence-corrected chi connectivity index (χ4v) is 1.88. The summed E-state index contributed by atoms with van der Waals surface area (Å²) in [6.07, 6.45) is -1.07. The van der Waals surface area contributed by atoms with Crippen LogP contribution in [-0.4, -0.2) is 15.9 Å². The average molecular weight is 236 g/mol. The van der Waals surface area contributed by atoms with Gasteiger partial charge in [0.1, 0.15) is 10.8 Å². The highest BCUT2D eigenvalue weighted by atomic mass is 32.1. The lowest BCUT2D eigenvalue weighted by Crippen LogP contribution is -2.24. The summed E-state index contributed by atoms with van der Waals surface area (Å²) in [6.45, 7) is 1.89. The molecule has 2 N–H and O–H groups in total. The molecule has 1 aromatic carbocycles. The molecule has 1 aromatic heterocycles. The molecule has 0 aliphatic carbocycles. The van der Waals surface area contributed by atoms with E-state index >= 15 is 0 Å². The molecule has 1 heterocycles. The smallest absolute Gasteiger partial charge is 0.279 e. The van der Waals surface area contributed by atoms with Crippen molar-refractivity contribution in [3.8, 4) is 5.75 Å². The lowest BCUT2D eigenvalue weighted by molar-refractivity contribution is 0.00802. The van der Waals surface area contributed by atoms with Gasteiger partial charge in [-0.1, -0.05) is 18.2 Å². The summed E-state index contributed by atoms with van der Waals surface area (Å²) in [4.78, 5) is 0. The SMILES string of the molecule is Cc1cc(NC(O)Oc2ccccc2)sn1. The van der Waals surface area contributed by atoms with Gasteiger partial charge in [-0.3, -0.25) is 0 Å². The number of anilines is 1. The Bertz CT molecular complexity index is 444. The third-order valence-electron chi connectivity index (χ3n) is 1.88. The van der Waals surface area contributed by atoms with E-state index in [4.69, 9.17) is 4.74 Å². The van der Waals surface area contributed by atoms with E-state index in [9.17, 15) is 5.11 Å². The van der Waals surface area contributed by atoms with Crippen LogP contribution in [0.2, 0.25) is 0 Å². The first-order valence-electron chi connectivity index (χ1n) is 4.84. The molecule has 5 heteroatoms. The molecular weight excluding hydrogens is 224 g/mol. The van der Waals surface area contributed by atoms with Gasteiger partial charge in [0, 0.05) is 0 Å². The van der Waals surface area contributed by atoms with Crippen molar-refractivity contribution in [1.29, 1.82) is 0 Å². The number of aliphatic hydroxyl groups excluding tert-OH is 1. The monoisotopic (exact) mass is 236 g/mol. The highest BCUT2D eigenvalue weighted by Crippen LogP contribution is 2.17. The van der Waals surface area contributed by atoms with E-state index in [2.05, 4.69) is 9.69 Å². The van der Waals surface area contributed by atoms with E-state index in [0.717, 1.165) is 10.7 Å². The van der Waals surface area contributed by atoms with Gasteiger partial charge in [-0.25, -0.2) is 0 Å². The standard InChI is InChI=1S/C11H12N2O2S/c1-8-7-10(16-13-8)12-11(14)15-9-5-3-2-4-6-9/h2-7,11-12,14H,1H3. The number of aryl methyl sites for hydroxylation is 1. The van der Waals surface area contributed by atoms with Crippen molar-refractivity contribution in [1.82, 2.24) is 4.37 Å². The summed E-state index contributed by atoms with van der Waals surface area (Å²) in [5, 5.41) is 13.2. The normalized spacial score (nSPS) is 12.1. The largest absolute Gasteiger partial charge is 0.447 e. The Kier molecular flexibility index (Phi) is 3.38. The van der Waals surface area contributed by atoms with Gasteiger partial charge in [0.05, 0.1) is 5.69 Å². The molecule has 0 aliphatic rings. The second kappa shape index (κ2) is 4.96. The van der Waals surface area contributed by atoms with E-state index in [0.29, 0.717) is 5.75 Å². The van der Waals surface area contributed by atoms with Crippen molar-refractivity contribution in [2.75, 3.05) is 5.32 Å². The number of aromatic nitrogens is 1. The molecule has 0 radical (unpaired) electrons. The molecular formula is C11H12N2O2S. The molecule has 2 aromatic rings. The second-order valence-corrected chi connectivity index (χ2v) is 4.07. The number of hydrogen-bond donors (Lipinski definition) is 2. The average Bonchev–Trinajstić information content (AvgIpc) is 2.65. The van der Waals surface area contributed by atoms with E-state index in [1.54, 1.807) is 12.1 Å². The van der Waals surface area contributed by atoms with Crippen LogP contribution in [0.1, 0.15) is 5.69 Å². The molecule has 1 unspecified atom stereocenters. The lowest BCUT2D eigenvalue weighted by Gasteiger charge is -2.13. The molecule has 0 saturated heterocycles. The molecule has 4 nitrogen and oxygen atoms in total. The molecule has 16 heavy (non-hydrogen) atoms. The predicted molar refractivity (Wildman–Crippen MR) is 63.6 cm³/mol. The van der Waals surface area contributed by atoms with Crippen LogP contribution in [-0.2, 0) is 0 Å². The number of nitrogens with zero attached hydrogens (tertiary/aromatic N) is 1. The summed E-state index contributed by atoms with van der Waals surface area (Å²) >= 11 is 1.29. The van der Waals surface area contributed by atoms with Gasteiger partial charge in [-0.2, -0.15) is 4.37 Å². The topological polar surface area (TPSA) is 54.4 Å². The summed E-state index contributed by atoms with van der Waals surface area (Å²) < 4.78 is 9.34. The highest BCUT2D eigenvalue weighted by molar-refractivity contribution is 7.10. The van der Waals surface area contributed by atoms with Crippen molar-refractivity contribution in [3.05, 3.63) is 42.1 Å². The number of aliphatic hydroxyl groups is 1. The van der Waals surface area contributed by atoms with E-state index in [-0.39, 0.29) is 0 Å². The third-order valence-corrected chi connectivity index (χ3v) is 2.70. The van der Waals surface area contributed by atoms with E-state index < -0.39 is 6.41 Å². The Balaban J connectivity index is 1.92. The third kappa shape index (κ3) is 2.95. The molecule has 0 fully saturated rings. The number of ether oxygens (including phenoxy) is 1. The van der Waals surface area contributed by atoms with Crippen LogP contribution in [0.5, 0.6) is 5.75 Å². The first-order valence-corrected chi connectivity index (χ1v) is 5.61. The highest BCUT2D eigenvalue weighted by Gasteiger charge is 2.06. The van der Waals surface area contributed by atoms with E-state index in [1.807, 2.05) is 31.2 Å². The number of rotatable bonds is 4. The summed E-state index contributed by atoms with van der Waals surface area (Å²) in [6, 6.07) is 11.0. The second-order valence-electron chi connectivity index (χ2n) is 3.26. The fourth-order valence-electron chi connectivity index (χ4n) is 1.21. The maximum Gasteiger partial charge on any atom is 0.279 e. The van der Waals surface area contributed by atoms with Gasteiger partial charge in [0.25, 0.3) is 6.41 Å². The molecule has 2 rings (SSSR count). The first-order chi connectivity index (χ1) is 7.74. The Morgan fingerprint density at radius 3 is 2.75 bits per heavy atom. The van der Waals surface area contributed by atoms with Crippen molar-refractivity contribution < 1.29 is 9.84 Å². The number of hydrogen-bond acceptors (Lipinski definition) is 5. The first kappa shape index (κ1) is 10.9. The summed E-state index contributed by atoms with van der Waals surface area (Å²) in [7, 11) is 0. The van der Waals surface area contributed by atoms with Crippen molar-refractivity contribution in [2.24, 2.45) is 0 Å². The Labute approximate surface area is 97.7 Å². The van der Waals surface area contributed by atoms with Gasteiger partial charge in [-0.05, 0) is 36.7 Å².